The summed E-state index contributed by atoms with van der Waals surface area (Å²) in [5.74, 6) is -0.845. The maximum atomic E-state index is 12.7. The van der Waals surface area contributed by atoms with Gasteiger partial charge in [0, 0.05) is 19.0 Å². The Balaban J connectivity index is 1.59. The fourth-order valence-electron chi connectivity index (χ4n) is 3.40. The lowest BCUT2D eigenvalue weighted by Crippen LogP contribution is -2.50. The van der Waals surface area contributed by atoms with E-state index >= 15 is 0 Å². The first-order valence-electron chi connectivity index (χ1n) is 10.0. The van der Waals surface area contributed by atoms with Crippen molar-refractivity contribution in [2.75, 3.05) is 20.3 Å². The Morgan fingerprint density at radius 3 is 2.45 bits per heavy atom. The van der Waals surface area contributed by atoms with Crippen LogP contribution in [0.25, 0.3) is 6.08 Å². The second-order valence-electron chi connectivity index (χ2n) is 6.98. The lowest BCUT2D eigenvalue weighted by Gasteiger charge is -2.35. The molecule has 1 aliphatic heterocycles. The van der Waals surface area contributed by atoms with E-state index < -0.39 is 30.5 Å². The highest BCUT2D eigenvalue weighted by Crippen LogP contribution is 2.24. The van der Waals surface area contributed by atoms with Gasteiger partial charge in [-0.25, -0.2) is 9.59 Å². The number of fused-ring (bicyclic) bond motifs is 1. The van der Waals surface area contributed by atoms with Gasteiger partial charge in [-0.2, -0.15) is 0 Å². The Bertz CT molecular complexity index is 966. The van der Waals surface area contributed by atoms with Crippen LogP contribution in [0.2, 0.25) is 0 Å². The van der Waals surface area contributed by atoms with Crippen molar-refractivity contribution in [2.45, 2.75) is 25.9 Å². The van der Waals surface area contributed by atoms with Crippen LogP contribution in [0.4, 0.5) is 0 Å². The van der Waals surface area contributed by atoms with E-state index in [0.29, 0.717) is 13.0 Å². The SMILES string of the molecule is CCOc1ccc(/C=C/C(=O)OCC(=O)N2Cc3ccccc3C[C@H]2C(=O)OC)cc1. The van der Waals surface area contributed by atoms with E-state index in [1.54, 1.807) is 18.2 Å². The molecule has 0 bridgehead atoms. The first kappa shape index (κ1) is 22.1. The second kappa shape index (κ2) is 10.4. The second-order valence-corrected chi connectivity index (χ2v) is 6.98. The van der Waals surface area contributed by atoms with Crippen LogP contribution in [0.1, 0.15) is 23.6 Å². The number of nitrogens with zero attached hydrogens (tertiary/aromatic N) is 1. The third kappa shape index (κ3) is 5.72. The van der Waals surface area contributed by atoms with Crippen LogP contribution < -0.4 is 4.74 Å². The highest BCUT2D eigenvalue weighted by Gasteiger charge is 2.35. The predicted octanol–water partition coefficient (Wildman–Crippen LogP) is 2.77. The molecule has 1 amide bonds. The lowest BCUT2D eigenvalue weighted by molar-refractivity contribution is -0.158. The Morgan fingerprint density at radius 2 is 1.77 bits per heavy atom. The van der Waals surface area contributed by atoms with E-state index in [-0.39, 0.29) is 6.54 Å². The molecule has 1 atom stereocenters. The van der Waals surface area contributed by atoms with Crippen molar-refractivity contribution in [3.63, 3.8) is 0 Å². The number of benzene rings is 2. The van der Waals surface area contributed by atoms with Gasteiger partial charge in [-0.15, -0.1) is 0 Å². The molecule has 1 aliphatic rings. The molecule has 0 aliphatic carbocycles. The molecule has 3 rings (SSSR count). The zero-order chi connectivity index (χ0) is 22.2. The molecule has 0 aromatic heterocycles. The highest BCUT2D eigenvalue weighted by molar-refractivity contribution is 5.90. The van der Waals surface area contributed by atoms with Crippen molar-refractivity contribution in [1.29, 1.82) is 0 Å². The smallest absolute Gasteiger partial charge is 0.331 e. The van der Waals surface area contributed by atoms with Gasteiger partial charge in [-0.05, 0) is 41.8 Å². The summed E-state index contributed by atoms with van der Waals surface area (Å²) in [4.78, 5) is 38.4. The molecule has 2 aromatic carbocycles. The molecule has 0 unspecified atom stereocenters. The number of carbonyl (C=O) groups is 3. The van der Waals surface area contributed by atoms with Gasteiger partial charge in [0.2, 0.25) is 0 Å². The summed E-state index contributed by atoms with van der Waals surface area (Å²) in [7, 11) is 1.29. The minimum absolute atomic E-state index is 0.258. The van der Waals surface area contributed by atoms with Gasteiger partial charge in [0.25, 0.3) is 5.91 Å². The fraction of sp³-hybridized carbons (Fsp3) is 0.292. The maximum absolute atomic E-state index is 12.7. The minimum atomic E-state index is -0.745. The van der Waals surface area contributed by atoms with E-state index in [0.717, 1.165) is 22.4 Å². The Hall–Kier alpha value is -3.61. The van der Waals surface area contributed by atoms with E-state index in [1.807, 2.05) is 43.3 Å². The molecule has 0 fully saturated rings. The van der Waals surface area contributed by atoms with E-state index in [1.165, 1.54) is 18.1 Å². The first-order valence-corrected chi connectivity index (χ1v) is 10.0. The quantitative estimate of drug-likeness (QED) is 0.503. The Kier molecular flexibility index (Phi) is 7.43. The molecule has 31 heavy (non-hydrogen) atoms. The van der Waals surface area contributed by atoms with Gasteiger partial charge < -0.3 is 19.1 Å². The third-order valence-corrected chi connectivity index (χ3v) is 4.98. The number of amides is 1. The van der Waals surface area contributed by atoms with E-state index in [4.69, 9.17) is 14.2 Å². The summed E-state index contributed by atoms with van der Waals surface area (Å²) < 4.78 is 15.3. The number of hydrogen-bond donors (Lipinski definition) is 0. The summed E-state index contributed by atoms with van der Waals surface area (Å²) >= 11 is 0. The molecule has 0 saturated carbocycles. The van der Waals surface area contributed by atoms with Gasteiger partial charge in [0.05, 0.1) is 13.7 Å². The Morgan fingerprint density at radius 1 is 1.06 bits per heavy atom. The van der Waals surface area contributed by atoms with Crippen LogP contribution in [0.3, 0.4) is 0 Å². The molecule has 2 aromatic rings. The molecule has 7 nitrogen and oxygen atoms in total. The predicted molar refractivity (Wildman–Crippen MR) is 114 cm³/mol. The van der Waals surface area contributed by atoms with Crippen LogP contribution in [0, 0.1) is 0 Å². The average molecular weight is 423 g/mol. The highest BCUT2D eigenvalue weighted by atomic mass is 16.5. The lowest BCUT2D eigenvalue weighted by atomic mass is 9.94. The summed E-state index contributed by atoms with van der Waals surface area (Å²) in [5, 5.41) is 0. The Labute approximate surface area is 181 Å². The monoisotopic (exact) mass is 423 g/mol. The van der Waals surface area contributed by atoms with Crippen molar-refractivity contribution in [3.05, 3.63) is 71.3 Å². The maximum Gasteiger partial charge on any atom is 0.331 e. The summed E-state index contributed by atoms with van der Waals surface area (Å²) in [6.45, 7) is 2.28. The number of methoxy groups -OCH3 is 1. The standard InChI is InChI=1S/C24H25NO6/c1-3-30-20-11-8-17(9-12-20)10-13-23(27)31-16-22(26)25-15-19-7-5-4-6-18(19)14-21(25)24(28)29-2/h4-13,21H,3,14-16H2,1-2H3/b13-10+/t21-/m0/s1. The minimum Gasteiger partial charge on any atom is -0.494 e. The van der Waals surface area contributed by atoms with Crippen molar-refractivity contribution < 1.29 is 28.6 Å². The van der Waals surface area contributed by atoms with Crippen LogP contribution >= 0.6 is 0 Å². The summed E-state index contributed by atoms with van der Waals surface area (Å²) in [6, 6.07) is 14.1. The molecule has 0 spiro atoms. The van der Waals surface area contributed by atoms with Crippen LogP contribution in [-0.4, -0.2) is 49.1 Å². The van der Waals surface area contributed by atoms with Gasteiger partial charge in [-0.3, -0.25) is 4.79 Å². The fourth-order valence-corrected chi connectivity index (χ4v) is 3.40. The molecule has 7 heteroatoms. The zero-order valence-corrected chi connectivity index (χ0v) is 17.6. The number of ether oxygens (including phenoxy) is 3. The largest absolute Gasteiger partial charge is 0.494 e. The van der Waals surface area contributed by atoms with Gasteiger partial charge >= 0.3 is 11.9 Å². The molecule has 0 N–H and O–H groups in total. The van der Waals surface area contributed by atoms with Crippen LogP contribution in [0.5, 0.6) is 5.75 Å². The van der Waals surface area contributed by atoms with Crippen molar-refractivity contribution >= 4 is 23.9 Å². The number of esters is 2. The topological polar surface area (TPSA) is 82.1 Å². The van der Waals surface area contributed by atoms with Gasteiger partial charge in [-0.1, -0.05) is 36.4 Å². The molecular formula is C24H25NO6. The third-order valence-electron chi connectivity index (χ3n) is 4.98. The van der Waals surface area contributed by atoms with Gasteiger partial charge in [0.15, 0.2) is 6.61 Å². The van der Waals surface area contributed by atoms with E-state index in [9.17, 15) is 14.4 Å². The molecule has 0 radical (unpaired) electrons. The van der Waals surface area contributed by atoms with Crippen LogP contribution in [-0.2, 0) is 36.8 Å². The van der Waals surface area contributed by atoms with Crippen molar-refractivity contribution in [3.8, 4) is 5.75 Å². The summed E-state index contributed by atoms with van der Waals surface area (Å²) in [6.07, 6.45) is 3.21. The van der Waals surface area contributed by atoms with Crippen LogP contribution in [0.15, 0.2) is 54.6 Å². The zero-order valence-electron chi connectivity index (χ0n) is 17.6. The number of hydrogen-bond acceptors (Lipinski definition) is 6. The first-order chi connectivity index (χ1) is 15.0. The number of rotatable bonds is 7. The van der Waals surface area contributed by atoms with Gasteiger partial charge in [0.1, 0.15) is 11.8 Å². The van der Waals surface area contributed by atoms with E-state index in [2.05, 4.69) is 0 Å². The molecule has 0 saturated heterocycles. The number of carbonyl (C=O) groups excluding carboxylic acids is 3. The normalized spacial score (nSPS) is 15.3. The van der Waals surface area contributed by atoms with Crippen molar-refractivity contribution in [1.82, 2.24) is 4.90 Å². The molecule has 1 heterocycles. The summed E-state index contributed by atoms with van der Waals surface area (Å²) in [5.41, 5.74) is 2.75. The molecule has 162 valence electrons. The van der Waals surface area contributed by atoms with Crippen molar-refractivity contribution in [2.24, 2.45) is 0 Å². The molecular weight excluding hydrogens is 398 g/mol. The average Bonchev–Trinajstić information content (AvgIpc) is 2.80.